The Hall–Kier alpha value is -2.37. The molecule has 0 bridgehead atoms. The summed E-state index contributed by atoms with van der Waals surface area (Å²) >= 11 is 0. The monoisotopic (exact) mass is 344 g/mol. The van der Waals surface area contributed by atoms with Crippen molar-refractivity contribution in [3.05, 3.63) is 59.2 Å². The molecule has 2 aromatic rings. The molecule has 0 aliphatic carbocycles. The van der Waals surface area contributed by atoms with Gasteiger partial charge >= 0.3 is 0 Å². The summed E-state index contributed by atoms with van der Waals surface area (Å²) in [6.45, 7) is 3.70. The second-order valence-electron chi connectivity index (χ2n) is 5.40. The van der Waals surface area contributed by atoms with Gasteiger partial charge in [0, 0.05) is 19.1 Å². The highest BCUT2D eigenvalue weighted by molar-refractivity contribution is 5.75. The molecule has 0 radical (unpaired) electrons. The molecule has 0 spiro atoms. The van der Waals surface area contributed by atoms with Crippen molar-refractivity contribution in [1.82, 2.24) is 0 Å². The average molecular weight is 344 g/mol. The Labute approximate surface area is 148 Å². The molecular weight excluding hydrogens is 320 g/mol. The Morgan fingerprint density at radius 3 is 2.48 bits per heavy atom. The van der Waals surface area contributed by atoms with Gasteiger partial charge in [0.15, 0.2) is 0 Å². The highest BCUT2D eigenvalue weighted by atomic mass is 16.7. The van der Waals surface area contributed by atoms with Crippen LogP contribution in [0.2, 0.25) is 0 Å². The predicted octanol–water partition coefficient (Wildman–Crippen LogP) is 3.49. The van der Waals surface area contributed by atoms with E-state index in [1.807, 2.05) is 43.3 Å². The highest BCUT2D eigenvalue weighted by Gasteiger charge is 2.07. The molecule has 0 N–H and O–H groups in total. The quantitative estimate of drug-likeness (QED) is 0.355. The fourth-order valence-corrected chi connectivity index (χ4v) is 2.39. The number of rotatable bonds is 11. The molecule has 134 valence electrons. The predicted molar refractivity (Wildman–Crippen MR) is 95.6 cm³/mol. The third kappa shape index (κ3) is 6.21. The Morgan fingerprint density at radius 1 is 1.00 bits per heavy atom. The zero-order chi connectivity index (χ0) is 17.9. The summed E-state index contributed by atoms with van der Waals surface area (Å²) in [5.41, 5.74) is 2.71. The molecule has 25 heavy (non-hydrogen) atoms. The number of ether oxygens (including phenoxy) is 4. The van der Waals surface area contributed by atoms with E-state index in [1.165, 1.54) is 0 Å². The first kappa shape index (κ1) is 19.0. The van der Waals surface area contributed by atoms with Gasteiger partial charge in [0.25, 0.3) is 0 Å². The van der Waals surface area contributed by atoms with E-state index in [0.29, 0.717) is 31.8 Å². The van der Waals surface area contributed by atoms with Crippen LogP contribution in [-0.4, -0.2) is 40.0 Å². The van der Waals surface area contributed by atoms with Crippen LogP contribution in [0.15, 0.2) is 42.5 Å². The number of hydrogen-bond acceptors (Lipinski definition) is 5. The van der Waals surface area contributed by atoms with Crippen LogP contribution in [-0.2, 0) is 15.9 Å². The summed E-state index contributed by atoms with van der Waals surface area (Å²) in [6, 6.07) is 13.4. The van der Waals surface area contributed by atoms with Gasteiger partial charge in [0.2, 0.25) is 0 Å². The maximum atomic E-state index is 11.1. The van der Waals surface area contributed by atoms with Crippen LogP contribution in [0.3, 0.4) is 0 Å². The van der Waals surface area contributed by atoms with Crippen LogP contribution < -0.4 is 9.47 Å². The molecule has 0 saturated heterocycles. The van der Waals surface area contributed by atoms with Gasteiger partial charge in [0.1, 0.15) is 31.2 Å². The lowest BCUT2D eigenvalue weighted by Crippen LogP contribution is -2.09. The van der Waals surface area contributed by atoms with Crippen LogP contribution >= 0.6 is 0 Å². The zero-order valence-electron chi connectivity index (χ0n) is 14.7. The summed E-state index contributed by atoms with van der Waals surface area (Å²) in [5, 5.41) is 0. The third-order valence-electron chi connectivity index (χ3n) is 3.54. The third-order valence-corrected chi connectivity index (χ3v) is 3.54. The van der Waals surface area contributed by atoms with Gasteiger partial charge in [-0.2, -0.15) is 0 Å². The second-order valence-corrected chi connectivity index (χ2v) is 5.40. The van der Waals surface area contributed by atoms with E-state index in [9.17, 15) is 4.79 Å². The molecule has 0 heterocycles. The topological polar surface area (TPSA) is 54.0 Å². The highest BCUT2D eigenvalue weighted by Crippen LogP contribution is 2.24. The summed E-state index contributed by atoms with van der Waals surface area (Å²) in [5.74, 6) is 1.60. The number of aldehydes is 1. The maximum Gasteiger partial charge on any atom is 0.150 e. The smallest absolute Gasteiger partial charge is 0.150 e. The van der Waals surface area contributed by atoms with Crippen molar-refractivity contribution >= 4 is 6.29 Å². The van der Waals surface area contributed by atoms with E-state index in [4.69, 9.17) is 18.9 Å². The molecular formula is C20H24O5. The average Bonchev–Trinajstić information content (AvgIpc) is 2.64. The fraction of sp³-hybridized carbons (Fsp3) is 0.350. The first-order chi connectivity index (χ1) is 12.3. The molecule has 2 aromatic carbocycles. The number of hydrogen-bond donors (Lipinski definition) is 0. The van der Waals surface area contributed by atoms with Gasteiger partial charge in [-0.25, -0.2) is 0 Å². The van der Waals surface area contributed by atoms with Gasteiger partial charge < -0.3 is 18.9 Å². The molecule has 0 saturated carbocycles. The zero-order valence-corrected chi connectivity index (χ0v) is 14.7. The van der Waals surface area contributed by atoms with Crippen molar-refractivity contribution in [2.75, 3.05) is 33.7 Å². The van der Waals surface area contributed by atoms with E-state index in [2.05, 4.69) is 0 Å². The molecule has 2 rings (SSSR count). The van der Waals surface area contributed by atoms with Gasteiger partial charge in [-0.15, -0.1) is 0 Å². The minimum absolute atomic E-state index is 0.243. The number of methoxy groups -OCH3 is 1. The Kier molecular flexibility index (Phi) is 7.95. The van der Waals surface area contributed by atoms with Crippen molar-refractivity contribution in [3.63, 3.8) is 0 Å². The lowest BCUT2D eigenvalue weighted by atomic mass is 10.0. The first-order valence-electron chi connectivity index (χ1n) is 8.26. The standard InChI is InChI=1S/C20H24O5/c1-3-24-19-7-4-16(5-8-19)12-18-13-17(14-21)6-9-20(18)25-11-10-23-15-22-2/h4-9,13-14H,3,10-12,15H2,1-2H3. The van der Waals surface area contributed by atoms with E-state index in [1.54, 1.807) is 13.2 Å². The first-order valence-corrected chi connectivity index (χ1v) is 8.26. The van der Waals surface area contributed by atoms with Crippen molar-refractivity contribution in [2.45, 2.75) is 13.3 Å². The van der Waals surface area contributed by atoms with E-state index in [-0.39, 0.29) is 6.79 Å². The normalized spacial score (nSPS) is 10.5. The molecule has 0 aliphatic heterocycles. The van der Waals surface area contributed by atoms with Crippen LogP contribution in [0.25, 0.3) is 0 Å². The minimum Gasteiger partial charge on any atom is -0.494 e. The summed E-state index contributed by atoms with van der Waals surface area (Å²) < 4.78 is 21.3. The van der Waals surface area contributed by atoms with Gasteiger partial charge in [-0.3, -0.25) is 4.79 Å². The van der Waals surface area contributed by atoms with E-state index in [0.717, 1.165) is 28.9 Å². The molecule has 5 nitrogen and oxygen atoms in total. The van der Waals surface area contributed by atoms with Crippen LogP contribution in [0, 0.1) is 0 Å². The molecule has 5 heteroatoms. The van der Waals surface area contributed by atoms with E-state index < -0.39 is 0 Å². The van der Waals surface area contributed by atoms with Crippen molar-refractivity contribution in [2.24, 2.45) is 0 Å². The van der Waals surface area contributed by atoms with Crippen molar-refractivity contribution < 1.29 is 23.7 Å². The molecule has 0 aliphatic rings. The van der Waals surface area contributed by atoms with E-state index >= 15 is 0 Å². The SMILES string of the molecule is CCOc1ccc(Cc2cc(C=O)ccc2OCCOCOC)cc1. The van der Waals surface area contributed by atoms with Gasteiger partial charge in [-0.1, -0.05) is 12.1 Å². The fourth-order valence-electron chi connectivity index (χ4n) is 2.39. The van der Waals surface area contributed by atoms with Crippen LogP contribution in [0.5, 0.6) is 11.5 Å². The minimum atomic E-state index is 0.243. The summed E-state index contributed by atoms with van der Waals surface area (Å²) in [7, 11) is 1.58. The summed E-state index contributed by atoms with van der Waals surface area (Å²) in [4.78, 5) is 11.1. The summed E-state index contributed by atoms with van der Waals surface area (Å²) in [6.07, 6.45) is 1.51. The largest absolute Gasteiger partial charge is 0.494 e. The Balaban J connectivity index is 2.06. The molecule has 0 atom stereocenters. The lowest BCUT2D eigenvalue weighted by molar-refractivity contribution is -0.0388. The number of benzene rings is 2. The Bertz CT molecular complexity index is 652. The Morgan fingerprint density at radius 2 is 1.80 bits per heavy atom. The molecule has 0 fully saturated rings. The van der Waals surface area contributed by atoms with Gasteiger partial charge in [-0.05, 0) is 48.4 Å². The molecule has 0 aromatic heterocycles. The van der Waals surface area contributed by atoms with Crippen molar-refractivity contribution in [3.8, 4) is 11.5 Å². The van der Waals surface area contributed by atoms with Crippen molar-refractivity contribution in [1.29, 1.82) is 0 Å². The maximum absolute atomic E-state index is 11.1. The lowest BCUT2D eigenvalue weighted by Gasteiger charge is -2.13. The molecule has 0 unspecified atom stereocenters. The number of carbonyl (C=O) groups is 1. The van der Waals surface area contributed by atoms with Gasteiger partial charge in [0.05, 0.1) is 13.2 Å². The number of carbonyl (C=O) groups excluding carboxylic acids is 1. The van der Waals surface area contributed by atoms with Crippen LogP contribution in [0.4, 0.5) is 0 Å². The second kappa shape index (κ2) is 10.5. The molecule has 0 amide bonds. The van der Waals surface area contributed by atoms with Crippen LogP contribution in [0.1, 0.15) is 28.4 Å².